The molecule has 0 amide bonds. The highest BCUT2D eigenvalue weighted by atomic mass is 32.2. The van der Waals surface area contributed by atoms with Crippen molar-refractivity contribution >= 4 is 34.4 Å². The molecule has 1 aromatic heterocycles. The minimum Gasteiger partial charge on any atom is -0.497 e. The Hall–Kier alpha value is -3.14. The highest BCUT2D eigenvalue weighted by Gasteiger charge is 2.33. The Morgan fingerprint density at radius 1 is 1.19 bits per heavy atom. The lowest BCUT2D eigenvalue weighted by Gasteiger charge is -2.28. The van der Waals surface area contributed by atoms with Crippen LogP contribution in [-0.4, -0.2) is 55.4 Å². The molecule has 1 aliphatic carbocycles. The fourth-order valence-electron chi connectivity index (χ4n) is 4.14. The number of aromatic nitrogens is 2. The molecule has 0 bridgehead atoms. The molecule has 1 aromatic carbocycles. The molecule has 4 rings (SSSR count). The van der Waals surface area contributed by atoms with E-state index in [1.165, 1.54) is 16.8 Å². The van der Waals surface area contributed by atoms with E-state index >= 15 is 0 Å². The number of hydrogen-bond acceptors (Lipinski definition) is 8. The molecule has 0 spiro atoms. The number of nitrogens with zero attached hydrogens (tertiary/aromatic N) is 4. The van der Waals surface area contributed by atoms with Crippen molar-refractivity contribution in [2.24, 2.45) is 5.10 Å². The second-order valence-electron chi connectivity index (χ2n) is 9.31. The third-order valence-corrected chi connectivity index (χ3v) is 6.57. The van der Waals surface area contributed by atoms with Gasteiger partial charge in [-0.15, -0.1) is 0 Å². The van der Waals surface area contributed by atoms with Crippen molar-refractivity contribution < 1.29 is 14.3 Å². The van der Waals surface area contributed by atoms with Gasteiger partial charge in [0.15, 0.2) is 11.0 Å². The average molecular weight is 513 g/mol. The maximum atomic E-state index is 12.4. The number of benzene rings is 1. The largest absolute Gasteiger partial charge is 0.497 e. The number of rotatable bonds is 5. The zero-order valence-corrected chi connectivity index (χ0v) is 23.0. The van der Waals surface area contributed by atoms with Crippen molar-refractivity contribution in [2.45, 2.75) is 78.2 Å². The number of carbonyl (C=O) groups excluding carboxylic acids is 1. The van der Waals surface area contributed by atoms with Gasteiger partial charge in [-0.1, -0.05) is 25.6 Å². The van der Waals surface area contributed by atoms with Crippen LogP contribution >= 0.6 is 11.8 Å². The number of methoxy groups -OCH3 is 1. The van der Waals surface area contributed by atoms with Gasteiger partial charge < -0.3 is 9.47 Å². The van der Waals surface area contributed by atoms with E-state index in [9.17, 15) is 4.79 Å². The van der Waals surface area contributed by atoms with Gasteiger partial charge in [0.1, 0.15) is 23.6 Å². The molecule has 194 valence electrons. The van der Waals surface area contributed by atoms with Crippen LogP contribution in [0.4, 0.5) is 0 Å². The van der Waals surface area contributed by atoms with Crippen molar-refractivity contribution in [1.29, 1.82) is 10.8 Å². The molecule has 1 atom stereocenters. The normalized spacial score (nSPS) is 17.1. The Balaban J connectivity index is 0.00000176. The fourth-order valence-corrected chi connectivity index (χ4v) is 5.00. The first-order valence-corrected chi connectivity index (χ1v) is 13.1. The van der Waals surface area contributed by atoms with Gasteiger partial charge in [-0.2, -0.15) is 15.2 Å². The third-order valence-electron chi connectivity index (χ3n) is 5.60. The fraction of sp³-hybridized carbons (Fsp3) is 0.500. The molecule has 0 radical (unpaired) electrons. The molecule has 1 aliphatic heterocycles. The lowest BCUT2D eigenvalue weighted by Crippen LogP contribution is -2.39. The molecule has 0 saturated carbocycles. The summed E-state index contributed by atoms with van der Waals surface area (Å²) < 4.78 is 12.4. The van der Waals surface area contributed by atoms with Gasteiger partial charge in [0, 0.05) is 11.3 Å². The number of hydrogen-bond donors (Lipinski definition) is 2. The van der Waals surface area contributed by atoms with Crippen molar-refractivity contribution in [3.05, 3.63) is 46.8 Å². The summed E-state index contributed by atoms with van der Waals surface area (Å²) in [5.41, 5.74) is 3.48. The average Bonchev–Trinajstić information content (AvgIpc) is 3.43. The summed E-state index contributed by atoms with van der Waals surface area (Å²) in [7, 11) is 1.62. The molecule has 2 aromatic rings. The van der Waals surface area contributed by atoms with Gasteiger partial charge in [-0.3, -0.25) is 20.3 Å². The van der Waals surface area contributed by atoms with E-state index in [0.717, 1.165) is 47.5 Å². The van der Waals surface area contributed by atoms with Crippen LogP contribution in [0.2, 0.25) is 0 Å². The predicted octanol–water partition coefficient (Wildman–Crippen LogP) is 4.85. The first-order valence-electron chi connectivity index (χ1n) is 12.2. The van der Waals surface area contributed by atoms with E-state index < -0.39 is 5.60 Å². The van der Waals surface area contributed by atoms with E-state index in [1.807, 2.05) is 65.8 Å². The number of carbonyl (C=O) groups is 1. The van der Waals surface area contributed by atoms with E-state index in [-0.39, 0.29) is 28.8 Å². The molecule has 2 aliphatic rings. The van der Waals surface area contributed by atoms with Crippen molar-refractivity contribution in [2.75, 3.05) is 7.11 Å². The number of amidine groups is 2. The van der Waals surface area contributed by atoms with Gasteiger partial charge in [0.05, 0.1) is 18.1 Å². The molecule has 2 heterocycles. The topological polar surface area (TPSA) is 117 Å². The molecule has 0 fully saturated rings. The summed E-state index contributed by atoms with van der Waals surface area (Å²) in [6.45, 7) is 11.5. The number of fused-ring (bicyclic) bond motifs is 1. The second kappa shape index (κ2) is 11.3. The van der Waals surface area contributed by atoms with E-state index in [0.29, 0.717) is 5.69 Å². The lowest BCUT2D eigenvalue weighted by molar-refractivity contribution is -0.155. The van der Waals surface area contributed by atoms with Crippen LogP contribution in [0, 0.1) is 10.8 Å². The van der Waals surface area contributed by atoms with Crippen LogP contribution < -0.4 is 4.74 Å². The van der Waals surface area contributed by atoms with Crippen LogP contribution in [0.3, 0.4) is 0 Å². The van der Waals surface area contributed by atoms with Crippen LogP contribution in [0.15, 0.2) is 29.4 Å². The minimum absolute atomic E-state index is 0.00349. The maximum absolute atomic E-state index is 12.4. The molecule has 0 saturated heterocycles. The van der Waals surface area contributed by atoms with E-state index in [1.54, 1.807) is 11.8 Å². The van der Waals surface area contributed by atoms with Crippen molar-refractivity contribution in [3.8, 4) is 5.75 Å². The molecule has 9 nitrogen and oxygen atoms in total. The van der Waals surface area contributed by atoms with Crippen molar-refractivity contribution in [1.82, 2.24) is 14.8 Å². The summed E-state index contributed by atoms with van der Waals surface area (Å²) in [6.07, 6.45) is 2.51. The van der Waals surface area contributed by atoms with Gasteiger partial charge in [0.2, 0.25) is 0 Å². The highest BCUT2D eigenvalue weighted by Crippen LogP contribution is 2.31. The zero-order chi connectivity index (χ0) is 26.6. The predicted molar refractivity (Wildman–Crippen MR) is 144 cm³/mol. The standard InChI is InChI=1S/C24H30N6O3S.C2H6/c1-14-20(15-9-11-16(32-5)12-10-15)28-30(23(26)34-14)22(25)21-17-7-6-8-18(17)29(27-21)13-19(31)33-24(2,3)4;1-2/h9-12,14,25-26H,6-8,13H2,1-5H3;1-2H3. The Morgan fingerprint density at radius 2 is 1.86 bits per heavy atom. The summed E-state index contributed by atoms with van der Waals surface area (Å²) in [5.74, 6) is 0.429. The van der Waals surface area contributed by atoms with Crippen LogP contribution in [0.5, 0.6) is 5.75 Å². The summed E-state index contributed by atoms with van der Waals surface area (Å²) in [6, 6.07) is 7.60. The molecule has 2 N–H and O–H groups in total. The first-order chi connectivity index (χ1) is 17.1. The van der Waals surface area contributed by atoms with Crippen LogP contribution in [0.1, 0.15) is 70.5 Å². The molecular formula is C26H36N6O3S. The Bertz CT molecular complexity index is 1160. The van der Waals surface area contributed by atoms with Gasteiger partial charge in [-0.25, -0.2) is 0 Å². The van der Waals surface area contributed by atoms with Crippen LogP contribution in [0.25, 0.3) is 0 Å². The Kier molecular flexibility index (Phi) is 8.60. The quantitative estimate of drug-likeness (QED) is 0.336. The minimum atomic E-state index is -0.577. The second-order valence-corrected chi connectivity index (χ2v) is 10.6. The molecule has 10 heteroatoms. The van der Waals surface area contributed by atoms with Crippen molar-refractivity contribution in [3.63, 3.8) is 0 Å². The Labute approximate surface area is 217 Å². The van der Waals surface area contributed by atoms with Crippen LogP contribution in [-0.2, 0) is 28.9 Å². The van der Waals surface area contributed by atoms with E-state index in [2.05, 4.69) is 10.2 Å². The van der Waals surface area contributed by atoms with Gasteiger partial charge in [-0.05, 0) is 76.8 Å². The highest BCUT2D eigenvalue weighted by molar-refractivity contribution is 8.14. The molecule has 36 heavy (non-hydrogen) atoms. The first kappa shape index (κ1) is 27.4. The lowest BCUT2D eigenvalue weighted by atomic mass is 10.1. The Morgan fingerprint density at radius 3 is 2.47 bits per heavy atom. The monoisotopic (exact) mass is 512 g/mol. The summed E-state index contributed by atoms with van der Waals surface area (Å²) in [4.78, 5) is 12.4. The number of esters is 1. The summed E-state index contributed by atoms with van der Waals surface area (Å²) >= 11 is 1.34. The number of ether oxygens (including phenoxy) is 2. The molecular weight excluding hydrogens is 476 g/mol. The van der Waals surface area contributed by atoms with E-state index in [4.69, 9.17) is 20.3 Å². The summed E-state index contributed by atoms with van der Waals surface area (Å²) in [5, 5.41) is 28.2. The number of nitrogens with one attached hydrogen (secondary N) is 2. The number of thioether (sulfide) groups is 1. The van der Waals surface area contributed by atoms with Gasteiger partial charge >= 0.3 is 5.97 Å². The third kappa shape index (κ3) is 5.98. The zero-order valence-electron chi connectivity index (χ0n) is 22.1. The van der Waals surface area contributed by atoms with Gasteiger partial charge in [0.25, 0.3) is 0 Å². The number of hydrazone groups is 1. The smallest absolute Gasteiger partial charge is 0.328 e. The SMILES string of the molecule is CC.COc1ccc(C2=NN(C(=N)c3nn(CC(=O)OC(C)(C)C)c4c3CCC4)C(=N)SC2C)cc1. The molecule has 1 unspecified atom stereocenters. The maximum Gasteiger partial charge on any atom is 0.328 e.